The van der Waals surface area contributed by atoms with Gasteiger partial charge in [0, 0.05) is 6.54 Å². The fourth-order valence-electron chi connectivity index (χ4n) is 1.62. The number of esters is 1. The standard InChI is InChI=1S/C15H16F2N2O5/c1-2-22-12-8-10(4-5-11(12)24-15(16)17)14(21)23-9-13(20)19-7-3-6-18/h4-5,8,15H,2-3,7,9H2,1H3,(H,19,20). The normalized spacial score (nSPS) is 9.96. The number of hydrogen-bond donors (Lipinski definition) is 1. The second kappa shape index (κ2) is 9.99. The Morgan fingerprint density at radius 3 is 2.71 bits per heavy atom. The van der Waals surface area contributed by atoms with Crippen molar-refractivity contribution in [1.82, 2.24) is 5.32 Å². The van der Waals surface area contributed by atoms with Crippen molar-refractivity contribution in [3.8, 4) is 17.6 Å². The van der Waals surface area contributed by atoms with Crippen LogP contribution in [0.3, 0.4) is 0 Å². The molecule has 0 fully saturated rings. The van der Waals surface area contributed by atoms with Crippen LogP contribution in [0.4, 0.5) is 8.78 Å². The van der Waals surface area contributed by atoms with Gasteiger partial charge in [-0.2, -0.15) is 14.0 Å². The predicted octanol–water partition coefficient (Wildman–Crippen LogP) is 1.87. The summed E-state index contributed by atoms with van der Waals surface area (Å²) in [5.74, 6) is -1.63. The summed E-state index contributed by atoms with van der Waals surface area (Å²) in [6.07, 6.45) is 0.142. The zero-order valence-corrected chi connectivity index (χ0v) is 12.9. The molecule has 0 spiro atoms. The van der Waals surface area contributed by atoms with Crippen molar-refractivity contribution in [3.63, 3.8) is 0 Å². The summed E-state index contributed by atoms with van der Waals surface area (Å²) in [4.78, 5) is 23.2. The van der Waals surface area contributed by atoms with Crippen LogP contribution in [0.5, 0.6) is 11.5 Å². The van der Waals surface area contributed by atoms with Crippen molar-refractivity contribution in [2.45, 2.75) is 20.0 Å². The summed E-state index contributed by atoms with van der Waals surface area (Å²) >= 11 is 0. The van der Waals surface area contributed by atoms with E-state index < -0.39 is 25.1 Å². The summed E-state index contributed by atoms with van der Waals surface area (Å²) in [7, 11) is 0. The van der Waals surface area contributed by atoms with Crippen molar-refractivity contribution >= 4 is 11.9 Å². The van der Waals surface area contributed by atoms with Crippen LogP contribution in [0.15, 0.2) is 18.2 Å². The van der Waals surface area contributed by atoms with Crippen LogP contribution in [0.1, 0.15) is 23.7 Å². The molecular formula is C15H16F2N2O5. The Hall–Kier alpha value is -2.89. The second-order valence-corrected chi connectivity index (χ2v) is 4.31. The molecule has 0 aromatic heterocycles. The Kier molecular flexibility index (Phi) is 7.98. The third kappa shape index (κ3) is 6.48. The average Bonchev–Trinajstić information content (AvgIpc) is 2.54. The van der Waals surface area contributed by atoms with Crippen LogP contribution in [0, 0.1) is 11.3 Å². The maximum atomic E-state index is 12.3. The quantitative estimate of drug-likeness (QED) is 0.543. The van der Waals surface area contributed by atoms with Crippen LogP contribution in [0.25, 0.3) is 0 Å². The van der Waals surface area contributed by atoms with Gasteiger partial charge in [-0.25, -0.2) is 4.79 Å². The number of carbonyl (C=O) groups excluding carboxylic acids is 2. The molecule has 0 bridgehead atoms. The van der Waals surface area contributed by atoms with E-state index in [0.717, 1.165) is 6.07 Å². The molecular weight excluding hydrogens is 326 g/mol. The first-order chi connectivity index (χ1) is 11.5. The van der Waals surface area contributed by atoms with Crippen LogP contribution < -0.4 is 14.8 Å². The van der Waals surface area contributed by atoms with Gasteiger partial charge >= 0.3 is 12.6 Å². The van der Waals surface area contributed by atoms with Gasteiger partial charge in [-0.1, -0.05) is 0 Å². The first-order valence-corrected chi connectivity index (χ1v) is 7.00. The minimum Gasteiger partial charge on any atom is -0.490 e. The van der Waals surface area contributed by atoms with Gasteiger partial charge in [0.05, 0.1) is 24.7 Å². The van der Waals surface area contributed by atoms with Gasteiger partial charge in [0.25, 0.3) is 5.91 Å². The van der Waals surface area contributed by atoms with Gasteiger partial charge < -0.3 is 19.5 Å². The SMILES string of the molecule is CCOc1cc(C(=O)OCC(=O)NCCC#N)ccc1OC(F)F. The zero-order chi connectivity index (χ0) is 17.9. The molecule has 1 aromatic rings. The van der Waals surface area contributed by atoms with Gasteiger partial charge in [0.1, 0.15) is 0 Å². The molecule has 1 amide bonds. The molecule has 24 heavy (non-hydrogen) atoms. The van der Waals surface area contributed by atoms with Gasteiger partial charge in [-0.15, -0.1) is 0 Å². The minimum absolute atomic E-state index is 0.0184. The molecule has 0 saturated heterocycles. The lowest BCUT2D eigenvalue weighted by molar-refractivity contribution is -0.124. The summed E-state index contributed by atoms with van der Waals surface area (Å²) in [5.41, 5.74) is 0.0184. The molecule has 0 saturated carbocycles. The van der Waals surface area contributed by atoms with E-state index in [9.17, 15) is 18.4 Å². The number of nitrogens with zero attached hydrogens (tertiary/aromatic N) is 1. The lowest BCUT2D eigenvalue weighted by Crippen LogP contribution is -2.29. The van der Waals surface area contributed by atoms with E-state index in [-0.39, 0.29) is 36.6 Å². The number of ether oxygens (including phenoxy) is 3. The van der Waals surface area contributed by atoms with Gasteiger partial charge in [-0.3, -0.25) is 4.79 Å². The lowest BCUT2D eigenvalue weighted by atomic mass is 10.2. The average molecular weight is 342 g/mol. The molecule has 0 unspecified atom stereocenters. The molecule has 0 aliphatic rings. The zero-order valence-electron chi connectivity index (χ0n) is 12.9. The van der Waals surface area contributed by atoms with Crippen molar-refractivity contribution < 1.29 is 32.6 Å². The molecule has 0 radical (unpaired) electrons. The maximum Gasteiger partial charge on any atom is 0.387 e. The molecule has 0 aliphatic heterocycles. The van der Waals surface area contributed by atoms with Crippen LogP contribution >= 0.6 is 0 Å². The smallest absolute Gasteiger partial charge is 0.387 e. The highest BCUT2D eigenvalue weighted by atomic mass is 19.3. The number of nitriles is 1. The van der Waals surface area contributed by atoms with Crippen LogP contribution in [-0.2, 0) is 9.53 Å². The first-order valence-electron chi connectivity index (χ1n) is 7.00. The van der Waals surface area contributed by atoms with Crippen molar-refractivity contribution in [3.05, 3.63) is 23.8 Å². The molecule has 130 valence electrons. The van der Waals surface area contributed by atoms with E-state index >= 15 is 0 Å². The lowest BCUT2D eigenvalue weighted by Gasteiger charge is -2.12. The summed E-state index contributed by atoms with van der Waals surface area (Å²) < 4.78 is 38.8. The van der Waals surface area contributed by atoms with E-state index in [1.807, 2.05) is 6.07 Å². The largest absolute Gasteiger partial charge is 0.490 e. The van der Waals surface area contributed by atoms with Gasteiger partial charge in [0.15, 0.2) is 18.1 Å². The topological polar surface area (TPSA) is 97.6 Å². The Bertz CT molecular complexity index is 616. The Morgan fingerprint density at radius 2 is 2.08 bits per heavy atom. The molecule has 0 atom stereocenters. The van der Waals surface area contributed by atoms with Crippen LogP contribution in [-0.4, -0.2) is 38.2 Å². The monoisotopic (exact) mass is 342 g/mol. The van der Waals surface area contributed by atoms with Crippen LogP contribution in [0.2, 0.25) is 0 Å². The van der Waals surface area contributed by atoms with E-state index in [1.54, 1.807) is 6.92 Å². The number of nitrogens with one attached hydrogen (secondary N) is 1. The summed E-state index contributed by atoms with van der Waals surface area (Å²) in [6.45, 7) is -1.58. The number of alkyl halides is 2. The molecule has 0 heterocycles. The molecule has 1 aromatic carbocycles. The first kappa shape index (κ1) is 19.2. The van der Waals surface area contributed by atoms with Gasteiger partial charge in [0.2, 0.25) is 0 Å². The number of rotatable bonds is 9. The maximum absolute atomic E-state index is 12.3. The van der Waals surface area contributed by atoms with Crippen molar-refractivity contribution in [2.75, 3.05) is 19.8 Å². The number of amides is 1. The van der Waals surface area contributed by atoms with Crippen molar-refractivity contribution in [1.29, 1.82) is 5.26 Å². The third-order valence-corrected chi connectivity index (χ3v) is 2.59. The summed E-state index contributed by atoms with van der Waals surface area (Å²) in [5, 5.41) is 10.7. The number of benzene rings is 1. The number of hydrogen-bond acceptors (Lipinski definition) is 6. The number of carbonyl (C=O) groups is 2. The Labute approximate surface area is 137 Å². The molecule has 9 heteroatoms. The highest BCUT2D eigenvalue weighted by molar-refractivity contribution is 5.92. The van der Waals surface area contributed by atoms with E-state index in [4.69, 9.17) is 14.7 Å². The Balaban J connectivity index is 2.68. The minimum atomic E-state index is -3.03. The molecule has 1 N–H and O–H groups in total. The molecule has 0 aliphatic carbocycles. The third-order valence-electron chi connectivity index (χ3n) is 2.59. The fraction of sp³-hybridized carbons (Fsp3) is 0.400. The summed E-state index contributed by atoms with van der Waals surface area (Å²) in [6, 6.07) is 5.41. The van der Waals surface area contributed by atoms with E-state index in [1.165, 1.54) is 12.1 Å². The predicted molar refractivity (Wildman–Crippen MR) is 77.8 cm³/mol. The second-order valence-electron chi connectivity index (χ2n) is 4.31. The fourth-order valence-corrected chi connectivity index (χ4v) is 1.62. The highest BCUT2D eigenvalue weighted by Gasteiger charge is 2.16. The molecule has 1 rings (SSSR count). The van der Waals surface area contributed by atoms with E-state index in [2.05, 4.69) is 10.1 Å². The highest BCUT2D eigenvalue weighted by Crippen LogP contribution is 2.30. The van der Waals surface area contributed by atoms with E-state index in [0.29, 0.717) is 0 Å². The number of halogens is 2. The van der Waals surface area contributed by atoms with Gasteiger partial charge in [-0.05, 0) is 25.1 Å². The van der Waals surface area contributed by atoms with Crippen molar-refractivity contribution in [2.24, 2.45) is 0 Å². The molecule has 7 nitrogen and oxygen atoms in total. The Morgan fingerprint density at radius 1 is 1.33 bits per heavy atom.